The highest BCUT2D eigenvalue weighted by molar-refractivity contribution is 5.91. The molecule has 6 rings (SSSR count). The molecule has 0 N–H and O–H groups in total. The predicted octanol–water partition coefficient (Wildman–Crippen LogP) is 4.88. The number of aromatic nitrogens is 2. The van der Waals surface area contributed by atoms with Gasteiger partial charge in [0, 0.05) is 68.0 Å². The fourth-order valence-electron chi connectivity index (χ4n) is 5.63. The van der Waals surface area contributed by atoms with Gasteiger partial charge in [0.15, 0.2) is 0 Å². The van der Waals surface area contributed by atoms with Gasteiger partial charge in [0.05, 0.1) is 22.4 Å². The molecule has 0 amide bonds. The number of hydrogen-bond acceptors (Lipinski definition) is 5. The minimum atomic E-state index is 0.680. The Balaban J connectivity index is 1.11. The number of anilines is 2. The molecule has 168 valence electrons. The number of para-hydroxylation sites is 2. The normalized spacial score (nSPS) is 18.3. The van der Waals surface area contributed by atoms with Crippen molar-refractivity contribution in [3.63, 3.8) is 0 Å². The van der Waals surface area contributed by atoms with Crippen LogP contribution < -0.4 is 9.80 Å². The van der Waals surface area contributed by atoms with E-state index >= 15 is 0 Å². The topological polar surface area (TPSA) is 35.5 Å². The van der Waals surface area contributed by atoms with Crippen molar-refractivity contribution in [3.8, 4) is 0 Å². The summed E-state index contributed by atoms with van der Waals surface area (Å²) in [5, 5.41) is 2.46. The third-order valence-corrected chi connectivity index (χ3v) is 7.43. The Labute approximate surface area is 195 Å². The van der Waals surface area contributed by atoms with Gasteiger partial charge in [0.2, 0.25) is 0 Å². The van der Waals surface area contributed by atoms with Crippen molar-refractivity contribution in [3.05, 3.63) is 72.6 Å². The van der Waals surface area contributed by atoms with Gasteiger partial charge in [-0.05, 0) is 44.0 Å². The highest BCUT2D eigenvalue weighted by atomic mass is 15.3. The lowest BCUT2D eigenvalue weighted by molar-refractivity contribution is 0.160. The van der Waals surface area contributed by atoms with Crippen molar-refractivity contribution < 1.29 is 0 Å². The van der Waals surface area contributed by atoms with Crippen LogP contribution in [0.1, 0.15) is 18.5 Å². The fraction of sp³-hybridized carbons (Fsp3) is 0.357. The first-order chi connectivity index (χ1) is 16.3. The highest BCUT2D eigenvalue weighted by Gasteiger charge is 2.28. The summed E-state index contributed by atoms with van der Waals surface area (Å²) in [5.41, 5.74) is 5.93. The van der Waals surface area contributed by atoms with Crippen LogP contribution in [0.3, 0.4) is 0 Å². The van der Waals surface area contributed by atoms with Crippen molar-refractivity contribution in [2.45, 2.75) is 25.8 Å². The van der Waals surface area contributed by atoms with E-state index in [2.05, 4.69) is 81.2 Å². The summed E-state index contributed by atoms with van der Waals surface area (Å²) in [6, 6.07) is 22.3. The number of fused-ring (bicyclic) bond motifs is 2. The molecule has 2 aromatic heterocycles. The molecule has 0 radical (unpaired) electrons. The monoisotopic (exact) mass is 437 g/mol. The van der Waals surface area contributed by atoms with Crippen LogP contribution in [0, 0.1) is 6.92 Å². The van der Waals surface area contributed by atoms with E-state index in [1.807, 2.05) is 12.3 Å². The number of piperidine rings is 1. The molecule has 4 aromatic rings. The Morgan fingerprint density at radius 1 is 0.667 bits per heavy atom. The molecule has 33 heavy (non-hydrogen) atoms. The second kappa shape index (κ2) is 8.64. The molecule has 2 aliphatic heterocycles. The molecule has 4 heterocycles. The largest absolute Gasteiger partial charge is 0.370 e. The molecule has 2 fully saturated rings. The van der Waals surface area contributed by atoms with Gasteiger partial charge in [-0.15, -0.1) is 0 Å². The minimum Gasteiger partial charge on any atom is -0.370 e. The number of aryl methyl sites for hydroxylation is 1. The van der Waals surface area contributed by atoms with Gasteiger partial charge in [-0.25, -0.2) is 0 Å². The van der Waals surface area contributed by atoms with Gasteiger partial charge >= 0.3 is 0 Å². The summed E-state index contributed by atoms with van der Waals surface area (Å²) in [7, 11) is 0. The number of hydrogen-bond donors (Lipinski definition) is 0. The summed E-state index contributed by atoms with van der Waals surface area (Å²) in [6.07, 6.45) is 4.35. The van der Waals surface area contributed by atoms with Gasteiger partial charge in [-0.1, -0.05) is 36.4 Å². The second-order valence-electron chi connectivity index (χ2n) is 9.39. The fourth-order valence-corrected chi connectivity index (χ4v) is 5.63. The highest BCUT2D eigenvalue weighted by Crippen LogP contribution is 2.30. The van der Waals surface area contributed by atoms with Crippen molar-refractivity contribution >= 4 is 33.2 Å². The molecule has 0 spiro atoms. The smallest absolute Gasteiger partial charge is 0.0938 e. The lowest BCUT2D eigenvalue weighted by Gasteiger charge is -2.44. The Kier molecular flexibility index (Phi) is 5.35. The van der Waals surface area contributed by atoms with Gasteiger partial charge in [-0.3, -0.25) is 14.9 Å². The van der Waals surface area contributed by atoms with E-state index in [9.17, 15) is 0 Å². The third-order valence-electron chi connectivity index (χ3n) is 7.43. The van der Waals surface area contributed by atoms with Gasteiger partial charge in [0.1, 0.15) is 0 Å². The van der Waals surface area contributed by atoms with Crippen LogP contribution in [0.4, 0.5) is 11.4 Å². The Bertz CT molecular complexity index is 1260. The van der Waals surface area contributed by atoms with Crippen LogP contribution >= 0.6 is 0 Å². The van der Waals surface area contributed by atoms with E-state index < -0.39 is 0 Å². The molecule has 0 atom stereocenters. The molecule has 5 nitrogen and oxygen atoms in total. The molecule has 0 aliphatic carbocycles. The maximum Gasteiger partial charge on any atom is 0.0938 e. The maximum atomic E-state index is 4.85. The quantitative estimate of drug-likeness (QED) is 0.456. The lowest BCUT2D eigenvalue weighted by atomic mass is 10.0. The van der Waals surface area contributed by atoms with E-state index in [0.29, 0.717) is 6.04 Å². The molecule has 2 aromatic carbocycles. The van der Waals surface area contributed by atoms with E-state index in [1.165, 1.54) is 35.0 Å². The predicted molar refractivity (Wildman–Crippen MR) is 137 cm³/mol. The second-order valence-corrected chi connectivity index (χ2v) is 9.39. The zero-order chi connectivity index (χ0) is 22.2. The van der Waals surface area contributed by atoms with E-state index in [1.54, 1.807) is 0 Å². The zero-order valence-corrected chi connectivity index (χ0v) is 19.3. The van der Waals surface area contributed by atoms with Crippen molar-refractivity contribution in [1.82, 2.24) is 14.9 Å². The molecule has 0 bridgehead atoms. The van der Waals surface area contributed by atoms with E-state index in [-0.39, 0.29) is 0 Å². The van der Waals surface area contributed by atoms with Gasteiger partial charge in [-0.2, -0.15) is 0 Å². The van der Waals surface area contributed by atoms with Gasteiger partial charge < -0.3 is 9.80 Å². The average molecular weight is 438 g/mol. The molecular weight excluding hydrogens is 406 g/mol. The SMILES string of the molecule is Cc1ccc2cccc(N3CCN(C4CCN(c5cccc6cccnc56)CC4)CC3)c2n1. The summed E-state index contributed by atoms with van der Waals surface area (Å²) in [4.78, 5) is 17.3. The maximum absolute atomic E-state index is 4.85. The average Bonchev–Trinajstić information content (AvgIpc) is 2.88. The number of pyridine rings is 2. The van der Waals surface area contributed by atoms with Crippen LogP contribution in [0.25, 0.3) is 21.8 Å². The third kappa shape index (κ3) is 3.91. The van der Waals surface area contributed by atoms with Crippen molar-refractivity contribution in [2.75, 3.05) is 49.1 Å². The molecule has 0 unspecified atom stereocenters. The lowest BCUT2D eigenvalue weighted by Crippen LogP contribution is -2.53. The van der Waals surface area contributed by atoms with Crippen LogP contribution in [0.15, 0.2) is 66.9 Å². The van der Waals surface area contributed by atoms with E-state index in [0.717, 1.165) is 56.0 Å². The summed E-state index contributed by atoms with van der Waals surface area (Å²) >= 11 is 0. The molecule has 5 heteroatoms. The van der Waals surface area contributed by atoms with Crippen LogP contribution in [-0.2, 0) is 0 Å². The van der Waals surface area contributed by atoms with Crippen LogP contribution in [-0.4, -0.2) is 60.2 Å². The van der Waals surface area contributed by atoms with Crippen LogP contribution in [0.2, 0.25) is 0 Å². The minimum absolute atomic E-state index is 0.680. The molecule has 0 saturated carbocycles. The molecular formula is C28H31N5. The number of piperazine rings is 1. The Morgan fingerprint density at radius 2 is 1.30 bits per heavy atom. The first kappa shape index (κ1) is 20.4. The summed E-state index contributed by atoms with van der Waals surface area (Å²) < 4.78 is 0. The number of rotatable bonds is 3. The van der Waals surface area contributed by atoms with Crippen LogP contribution in [0.5, 0.6) is 0 Å². The number of nitrogens with zero attached hydrogens (tertiary/aromatic N) is 5. The van der Waals surface area contributed by atoms with Crippen molar-refractivity contribution in [2.24, 2.45) is 0 Å². The number of benzene rings is 2. The summed E-state index contributed by atoms with van der Waals surface area (Å²) in [6.45, 7) is 8.69. The van der Waals surface area contributed by atoms with Crippen molar-refractivity contribution in [1.29, 1.82) is 0 Å². The Hall–Kier alpha value is -3.18. The summed E-state index contributed by atoms with van der Waals surface area (Å²) in [5.74, 6) is 0. The standard InChI is InChI=1S/C28H31N5/c1-21-10-11-23-6-3-9-26(28(23)30-21)33-19-17-31(18-20-33)24-12-15-32(16-13-24)25-8-2-5-22-7-4-14-29-27(22)25/h2-11,14,24H,12-13,15-20H2,1H3. The molecule has 2 saturated heterocycles. The zero-order valence-electron chi connectivity index (χ0n) is 19.3. The first-order valence-corrected chi connectivity index (χ1v) is 12.2. The van der Waals surface area contributed by atoms with Gasteiger partial charge in [0.25, 0.3) is 0 Å². The van der Waals surface area contributed by atoms with E-state index in [4.69, 9.17) is 4.98 Å². The first-order valence-electron chi connectivity index (χ1n) is 12.2. The Morgan fingerprint density at radius 3 is 2.06 bits per heavy atom. The molecule has 2 aliphatic rings.